The molecule has 2 aliphatic carbocycles. The van der Waals surface area contributed by atoms with Gasteiger partial charge in [-0.25, -0.2) is 13.4 Å². The summed E-state index contributed by atoms with van der Waals surface area (Å²) in [4.78, 5) is 11.9. The van der Waals surface area contributed by atoms with Crippen molar-refractivity contribution in [3.8, 4) is 0 Å². The van der Waals surface area contributed by atoms with Crippen molar-refractivity contribution in [2.75, 3.05) is 23.3 Å². The molecule has 2 N–H and O–H groups in total. The highest BCUT2D eigenvalue weighted by atomic mass is 32.2. The Labute approximate surface area is 183 Å². The fourth-order valence-electron chi connectivity index (χ4n) is 4.93. The van der Waals surface area contributed by atoms with Crippen LogP contribution in [0, 0.1) is 0 Å². The highest BCUT2D eigenvalue weighted by Gasteiger charge is 2.52. The van der Waals surface area contributed by atoms with E-state index in [9.17, 15) is 8.42 Å². The maximum absolute atomic E-state index is 12.7. The van der Waals surface area contributed by atoms with E-state index in [4.69, 9.17) is 9.97 Å². The molecule has 2 saturated heterocycles. The Balaban J connectivity index is 1.18. The average Bonchev–Trinajstić information content (AvgIpc) is 3.60. The highest BCUT2D eigenvalue weighted by molar-refractivity contribution is 7.90. The summed E-state index contributed by atoms with van der Waals surface area (Å²) in [5.74, 6) is 2.81. The third kappa shape index (κ3) is 2.97. The second kappa shape index (κ2) is 6.39. The Kier molecular flexibility index (Phi) is 3.78. The van der Waals surface area contributed by atoms with Crippen LogP contribution in [-0.2, 0) is 10.0 Å². The Morgan fingerprint density at radius 1 is 1.13 bits per heavy atom. The normalized spacial score (nSPS) is 26.3. The predicted molar refractivity (Wildman–Crippen MR) is 119 cm³/mol. The molecule has 162 valence electrons. The van der Waals surface area contributed by atoms with Crippen molar-refractivity contribution in [1.29, 1.82) is 0 Å². The highest BCUT2D eigenvalue weighted by Crippen LogP contribution is 2.42. The molecule has 3 aromatic rings. The maximum Gasteiger partial charge on any atom is 0.228 e. The number of sulfonamides is 1. The first kappa shape index (κ1) is 18.3. The molecule has 0 amide bonds. The van der Waals surface area contributed by atoms with Gasteiger partial charge < -0.3 is 10.2 Å². The van der Waals surface area contributed by atoms with Gasteiger partial charge in [-0.2, -0.15) is 14.4 Å². The zero-order valence-electron chi connectivity index (χ0n) is 16.9. The standard InChI is InChI=1S/C20H23N7O2S2/c28-31(29,14-3-4-14)27-10-12-7-13(27)9-26(12)20-21-15-5-6-30-18(15)19(23-20)22-17-8-16(24-25-17)11-1-2-11/h5-6,8,11-14H,1-4,7,9-10H2,(H2,21,22,23,24,25)/t12-,13+/m0/s1. The first-order valence-electron chi connectivity index (χ1n) is 10.9. The molecule has 2 saturated carbocycles. The quantitative estimate of drug-likeness (QED) is 0.586. The number of nitrogens with zero attached hydrogens (tertiary/aromatic N) is 5. The Morgan fingerprint density at radius 2 is 2.00 bits per heavy atom. The van der Waals surface area contributed by atoms with E-state index < -0.39 is 10.0 Å². The van der Waals surface area contributed by atoms with Crippen LogP contribution in [0.1, 0.15) is 43.7 Å². The van der Waals surface area contributed by atoms with Gasteiger partial charge in [0.05, 0.1) is 15.5 Å². The number of aromatic nitrogens is 4. The largest absolute Gasteiger partial charge is 0.335 e. The lowest BCUT2D eigenvalue weighted by molar-refractivity contribution is 0.366. The van der Waals surface area contributed by atoms with Crippen LogP contribution in [0.15, 0.2) is 17.5 Å². The molecule has 4 aliphatic rings. The van der Waals surface area contributed by atoms with Gasteiger partial charge in [0.15, 0.2) is 11.6 Å². The minimum atomic E-state index is -3.13. The molecule has 4 fully saturated rings. The van der Waals surface area contributed by atoms with Gasteiger partial charge in [-0.3, -0.25) is 5.10 Å². The molecule has 2 aliphatic heterocycles. The van der Waals surface area contributed by atoms with Crippen LogP contribution >= 0.6 is 11.3 Å². The van der Waals surface area contributed by atoms with Crippen LogP contribution in [0.5, 0.6) is 0 Å². The average molecular weight is 458 g/mol. The topological polar surface area (TPSA) is 107 Å². The van der Waals surface area contributed by atoms with Crippen LogP contribution in [0.3, 0.4) is 0 Å². The number of rotatable bonds is 6. The van der Waals surface area contributed by atoms with Crippen LogP contribution in [-0.4, -0.2) is 63.3 Å². The monoisotopic (exact) mass is 457 g/mol. The molecular weight excluding hydrogens is 434 g/mol. The molecule has 5 heterocycles. The Hall–Kier alpha value is -2.24. The zero-order valence-corrected chi connectivity index (χ0v) is 18.5. The second-order valence-electron chi connectivity index (χ2n) is 9.12. The van der Waals surface area contributed by atoms with Crippen molar-refractivity contribution in [3.63, 3.8) is 0 Å². The van der Waals surface area contributed by atoms with E-state index in [-0.39, 0.29) is 17.3 Å². The first-order chi connectivity index (χ1) is 15.1. The molecule has 7 rings (SSSR count). The predicted octanol–water partition coefficient (Wildman–Crippen LogP) is 2.79. The summed E-state index contributed by atoms with van der Waals surface area (Å²) in [5.41, 5.74) is 2.08. The third-order valence-electron chi connectivity index (χ3n) is 6.87. The van der Waals surface area contributed by atoms with E-state index in [1.165, 1.54) is 18.5 Å². The lowest BCUT2D eigenvalue weighted by Crippen LogP contribution is -2.50. The molecule has 0 unspecified atom stereocenters. The molecule has 0 radical (unpaired) electrons. The number of aromatic amines is 1. The maximum atomic E-state index is 12.7. The van der Waals surface area contributed by atoms with Crippen LogP contribution in [0.2, 0.25) is 0 Å². The fraction of sp³-hybridized carbons (Fsp3) is 0.550. The van der Waals surface area contributed by atoms with E-state index in [2.05, 4.69) is 26.5 Å². The molecule has 11 heteroatoms. The number of thiophene rings is 1. The van der Waals surface area contributed by atoms with E-state index in [0.29, 0.717) is 25.0 Å². The zero-order chi connectivity index (χ0) is 20.7. The summed E-state index contributed by atoms with van der Waals surface area (Å²) in [6, 6.07) is 4.24. The van der Waals surface area contributed by atoms with E-state index >= 15 is 0 Å². The van der Waals surface area contributed by atoms with Gasteiger partial charge in [-0.15, -0.1) is 11.3 Å². The molecule has 9 nitrogen and oxygen atoms in total. The van der Waals surface area contributed by atoms with Crippen LogP contribution < -0.4 is 10.2 Å². The molecule has 2 bridgehead atoms. The molecular formula is C20H23N7O2S2. The minimum Gasteiger partial charge on any atom is -0.335 e. The van der Waals surface area contributed by atoms with Gasteiger partial charge in [0.2, 0.25) is 16.0 Å². The van der Waals surface area contributed by atoms with Crippen molar-refractivity contribution in [1.82, 2.24) is 24.5 Å². The number of nitrogens with one attached hydrogen (secondary N) is 2. The van der Waals surface area contributed by atoms with Gasteiger partial charge in [0.1, 0.15) is 0 Å². The number of piperazine rings is 1. The van der Waals surface area contributed by atoms with Gasteiger partial charge in [-0.05, 0) is 43.6 Å². The van der Waals surface area contributed by atoms with Crippen molar-refractivity contribution >= 4 is 49.2 Å². The van der Waals surface area contributed by atoms with Crippen molar-refractivity contribution in [2.24, 2.45) is 0 Å². The molecule has 31 heavy (non-hydrogen) atoms. The SMILES string of the molecule is O=S(=O)(C1CC1)N1C[C@@H]2C[C@@H]1CN2c1nc(Nc2cc(C3CC3)[nH]n2)c2sccc2n1. The molecule has 3 aromatic heterocycles. The van der Waals surface area contributed by atoms with Gasteiger partial charge in [0, 0.05) is 42.9 Å². The number of hydrogen-bond donors (Lipinski definition) is 2. The second-order valence-corrected chi connectivity index (χ2v) is 12.2. The fourth-order valence-corrected chi connectivity index (χ4v) is 7.77. The van der Waals surface area contributed by atoms with Crippen molar-refractivity contribution < 1.29 is 8.42 Å². The number of hydrogen-bond acceptors (Lipinski definition) is 8. The van der Waals surface area contributed by atoms with E-state index in [0.717, 1.165) is 41.1 Å². The van der Waals surface area contributed by atoms with Crippen molar-refractivity contribution in [3.05, 3.63) is 23.2 Å². The number of H-pyrrole nitrogens is 1. The lowest BCUT2D eigenvalue weighted by Gasteiger charge is -2.33. The van der Waals surface area contributed by atoms with Crippen LogP contribution in [0.25, 0.3) is 10.2 Å². The Bertz CT molecular complexity index is 1280. The van der Waals surface area contributed by atoms with Gasteiger partial charge >= 0.3 is 0 Å². The van der Waals surface area contributed by atoms with Gasteiger partial charge in [0.25, 0.3) is 0 Å². The van der Waals surface area contributed by atoms with Crippen molar-refractivity contribution in [2.45, 2.75) is 55.4 Å². The summed E-state index contributed by atoms with van der Waals surface area (Å²) < 4.78 is 28.2. The summed E-state index contributed by atoms with van der Waals surface area (Å²) in [6.45, 7) is 1.20. The first-order valence-corrected chi connectivity index (χ1v) is 13.3. The van der Waals surface area contributed by atoms with Gasteiger partial charge in [-0.1, -0.05) is 0 Å². The Morgan fingerprint density at radius 3 is 2.74 bits per heavy atom. The number of fused-ring (bicyclic) bond motifs is 3. The minimum absolute atomic E-state index is 0.0289. The summed E-state index contributed by atoms with van der Waals surface area (Å²) in [5, 5.41) is 12.8. The molecule has 0 spiro atoms. The molecule has 2 atom stereocenters. The van der Waals surface area contributed by atoms with E-state index in [1.807, 2.05) is 11.4 Å². The van der Waals surface area contributed by atoms with Crippen LogP contribution in [0.4, 0.5) is 17.6 Å². The smallest absolute Gasteiger partial charge is 0.228 e. The summed E-state index contributed by atoms with van der Waals surface area (Å²) in [7, 11) is -3.13. The number of anilines is 3. The molecule has 0 aromatic carbocycles. The summed E-state index contributed by atoms with van der Waals surface area (Å²) >= 11 is 1.61. The van der Waals surface area contributed by atoms with E-state index in [1.54, 1.807) is 15.6 Å². The lowest BCUT2D eigenvalue weighted by atomic mass is 10.2. The third-order valence-corrected chi connectivity index (χ3v) is 10.2. The summed E-state index contributed by atoms with van der Waals surface area (Å²) in [6.07, 6.45) is 4.91.